The van der Waals surface area contributed by atoms with Gasteiger partial charge in [-0.05, 0) is 43.1 Å². The lowest BCUT2D eigenvalue weighted by molar-refractivity contribution is 0.239. The van der Waals surface area contributed by atoms with Crippen molar-refractivity contribution in [1.29, 1.82) is 0 Å². The Labute approximate surface area is 131 Å². The summed E-state index contributed by atoms with van der Waals surface area (Å²) in [6.45, 7) is 4.50. The molecular weight excluding hydrogens is 268 g/mol. The number of H-pyrrole nitrogens is 1. The highest BCUT2D eigenvalue weighted by molar-refractivity contribution is 5.85. The molecule has 1 aromatic heterocycles. The van der Waals surface area contributed by atoms with Gasteiger partial charge in [-0.3, -0.25) is 4.90 Å². The number of para-hydroxylation sites is 1. The molecule has 2 aromatic carbocycles. The van der Waals surface area contributed by atoms with Gasteiger partial charge in [-0.15, -0.1) is 0 Å². The molecule has 2 heterocycles. The molecule has 4 rings (SSSR count). The second-order valence-electron chi connectivity index (χ2n) is 6.11. The largest absolute Gasteiger partial charge is 0.357 e. The van der Waals surface area contributed by atoms with Crippen molar-refractivity contribution in [1.82, 2.24) is 9.88 Å². The van der Waals surface area contributed by atoms with Gasteiger partial charge in [-0.2, -0.15) is 0 Å². The van der Waals surface area contributed by atoms with Crippen molar-refractivity contribution in [2.75, 3.05) is 13.1 Å². The minimum absolute atomic E-state index is 0.344. The van der Waals surface area contributed by atoms with E-state index in [0.717, 1.165) is 13.1 Å². The fourth-order valence-electron chi connectivity index (χ4n) is 3.85. The second kappa shape index (κ2) is 5.62. The summed E-state index contributed by atoms with van der Waals surface area (Å²) < 4.78 is 0. The highest BCUT2D eigenvalue weighted by Crippen LogP contribution is 2.37. The molecule has 0 amide bonds. The molecule has 1 aliphatic heterocycles. The molecule has 2 nitrogen and oxygen atoms in total. The Hall–Kier alpha value is -2.06. The number of nitrogens with one attached hydrogen (secondary N) is 1. The molecule has 22 heavy (non-hydrogen) atoms. The van der Waals surface area contributed by atoms with Gasteiger partial charge in [0.1, 0.15) is 0 Å². The molecule has 0 saturated heterocycles. The molecule has 0 saturated carbocycles. The van der Waals surface area contributed by atoms with Crippen LogP contribution in [0.3, 0.4) is 0 Å². The number of aromatic nitrogens is 1. The Kier molecular flexibility index (Phi) is 3.47. The molecule has 1 atom stereocenters. The number of aryl methyl sites for hydroxylation is 1. The molecule has 3 aromatic rings. The van der Waals surface area contributed by atoms with Crippen molar-refractivity contribution in [3.05, 3.63) is 71.4 Å². The lowest BCUT2D eigenvalue weighted by Gasteiger charge is -2.29. The standard InChI is InChI=1S/C20H22N2/c1-2-22-14-8-12-17-16-11-6-7-13-18(16)21-19(17)20(22)15-9-4-3-5-10-15/h3-7,9-11,13,20-21H,2,8,12,14H2,1H3/t20-/m0/s1. The van der Waals surface area contributed by atoms with Crippen molar-refractivity contribution >= 4 is 10.9 Å². The van der Waals surface area contributed by atoms with Gasteiger partial charge in [0.2, 0.25) is 0 Å². The second-order valence-corrected chi connectivity index (χ2v) is 6.11. The van der Waals surface area contributed by atoms with Crippen LogP contribution in [0.25, 0.3) is 10.9 Å². The number of hydrogen-bond donors (Lipinski definition) is 1. The predicted octanol–water partition coefficient (Wildman–Crippen LogP) is 4.53. The molecule has 2 heteroatoms. The van der Waals surface area contributed by atoms with E-state index in [1.54, 1.807) is 0 Å². The van der Waals surface area contributed by atoms with Crippen LogP contribution >= 0.6 is 0 Å². The summed E-state index contributed by atoms with van der Waals surface area (Å²) in [5.74, 6) is 0. The Morgan fingerprint density at radius 2 is 1.82 bits per heavy atom. The van der Waals surface area contributed by atoms with E-state index in [0.29, 0.717) is 6.04 Å². The van der Waals surface area contributed by atoms with Gasteiger partial charge in [0.05, 0.1) is 6.04 Å². The van der Waals surface area contributed by atoms with Gasteiger partial charge < -0.3 is 4.98 Å². The fraction of sp³-hybridized carbons (Fsp3) is 0.300. The van der Waals surface area contributed by atoms with E-state index in [2.05, 4.69) is 71.4 Å². The zero-order valence-electron chi connectivity index (χ0n) is 13.0. The number of benzene rings is 2. The molecule has 0 fully saturated rings. The molecule has 0 aliphatic carbocycles. The first-order valence-corrected chi connectivity index (χ1v) is 8.27. The fourth-order valence-corrected chi connectivity index (χ4v) is 3.85. The minimum atomic E-state index is 0.344. The van der Waals surface area contributed by atoms with Crippen molar-refractivity contribution in [2.24, 2.45) is 0 Å². The summed E-state index contributed by atoms with van der Waals surface area (Å²) in [5.41, 5.74) is 5.57. The van der Waals surface area contributed by atoms with Crippen molar-refractivity contribution < 1.29 is 0 Å². The van der Waals surface area contributed by atoms with Gasteiger partial charge in [-0.25, -0.2) is 0 Å². The van der Waals surface area contributed by atoms with Crippen LogP contribution in [0.15, 0.2) is 54.6 Å². The van der Waals surface area contributed by atoms with Gasteiger partial charge in [-0.1, -0.05) is 55.5 Å². The summed E-state index contributed by atoms with van der Waals surface area (Å²) in [7, 11) is 0. The van der Waals surface area contributed by atoms with Gasteiger partial charge in [0.25, 0.3) is 0 Å². The van der Waals surface area contributed by atoms with Gasteiger partial charge in [0.15, 0.2) is 0 Å². The van der Waals surface area contributed by atoms with Crippen LogP contribution in [0.5, 0.6) is 0 Å². The predicted molar refractivity (Wildman–Crippen MR) is 92.2 cm³/mol. The summed E-state index contributed by atoms with van der Waals surface area (Å²) in [6.07, 6.45) is 2.39. The van der Waals surface area contributed by atoms with Crippen molar-refractivity contribution in [3.8, 4) is 0 Å². The number of nitrogens with zero attached hydrogens (tertiary/aromatic N) is 1. The average Bonchev–Trinajstić information content (AvgIpc) is 2.83. The Morgan fingerprint density at radius 1 is 1.05 bits per heavy atom. The van der Waals surface area contributed by atoms with Crippen LogP contribution in [0.1, 0.15) is 36.2 Å². The van der Waals surface area contributed by atoms with Crippen LogP contribution in [0, 0.1) is 0 Å². The van der Waals surface area contributed by atoms with E-state index in [-0.39, 0.29) is 0 Å². The lowest BCUT2D eigenvalue weighted by atomic mass is 9.98. The van der Waals surface area contributed by atoms with Crippen LogP contribution < -0.4 is 0 Å². The normalized spacial score (nSPS) is 19.0. The molecular formula is C20H22N2. The van der Waals surface area contributed by atoms with Crippen LogP contribution in [-0.2, 0) is 6.42 Å². The minimum Gasteiger partial charge on any atom is -0.357 e. The smallest absolute Gasteiger partial charge is 0.0757 e. The van der Waals surface area contributed by atoms with Crippen molar-refractivity contribution in [2.45, 2.75) is 25.8 Å². The van der Waals surface area contributed by atoms with E-state index in [9.17, 15) is 0 Å². The third-order valence-electron chi connectivity index (χ3n) is 4.88. The van der Waals surface area contributed by atoms with Crippen LogP contribution in [0.2, 0.25) is 0 Å². The third-order valence-corrected chi connectivity index (χ3v) is 4.88. The summed E-state index contributed by atoms with van der Waals surface area (Å²) >= 11 is 0. The van der Waals surface area contributed by atoms with E-state index in [1.165, 1.54) is 40.6 Å². The molecule has 112 valence electrons. The molecule has 0 bridgehead atoms. The summed E-state index contributed by atoms with van der Waals surface area (Å²) in [4.78, 5) is 6.32. The maximum Gasteiger partial charge on any atom is 0.0757 e. The third kappa shape index (κ3) is 2.15. The number of fused-ring (bicyclic) bond motifs is 3. The Bertz CT molecular complexity index is 773. The Morgan fingerprint density at radius 3 is 2.64 bits per heavy atom. The van der Waals surface area contributed by atoms with E-state index < -0.39 is 0 Å². The summed E-state index contributed by atoms with van der Waals surface area (Å²) in [6, 6.07) is 20.0. The first kappa shape index (κ1) is 13.6. The highest BCUT2D eigenvalue weighted by Gasteiger charge is 2.28. The first-order valence-electron chi connectivity index (χ1n) is 8.27. The lowest BCUT2D eigenvalue weighted by Crippen LogP contribution is -2.29. The SMILES string of the molecule is CCN1CCCc2c([nH]c3ccccc23)[C@@H]1c1ccccc1. The Balaban J connectivity index is 1.94. The van der Waals surface area contributed by atoms with E-state index in [4.69, 9.17) is 0 Å². The molecule has 1 N–H and O–H groups in total. The molecule has 1 aliphatic rings. The van der Waals surface area contributed by atoms with Crippen molar-refractivity contribution in [3.63, 3.8) is 0 Å². The van der Waals surface area contributed by atoms with Crippen LogP contribution in [0.4, 0.5) is 0 Å². The maximum atomic E-state index is 3.73. The van der Waals surface area contributed by atoms with Gasteiger partial charge >= 0.3 is 0 Å². The molecule has 0 radical (unpaired) electrons. The summed E-state index contributed by atoms with van der Waals surface area (Å²) in [5, 5.41) is 1.40. The first-order chi connectivity index (χ1) is 10.9. The average molecular weight is 290 g/mol. The van der Waals surface area contributed by atoms with E-state index in [1.807, 2.05) is 0 Å². The van der Waals surface area contributed by atoms with Gasteiger partial charge in [0, 0.05) is 16.6 Å². The zero-order chi connectivity index (χ0) is 14.9. The monoisotopic (exact) mass is 290 g/mol. The van der Waals surface area contributed by atoms with E-state index >= 15 is 0 Å². The number of rotatable bonds is 2. The zero-order valence-corrected chi connectivity index (χ0v) is 13.0. The highest BCUT2D eigenvalue weighted by atomic mass is 15.2. The van der Waals surface area contributed by atoms with Crippen LogP contribution in [-0.4, -0.2) is 23.0 Å². The molecule has 0 spiro atoms. The molecule has 0 unspecified atom stereocenters. The number of hydrogen-bond acceptors (Lipinski definition) is 1. The quantitative estimate of drug-likeness (QED) is 0.735. The topological polar surface area (TPSA) is 19.0 Å². The number of aromatic amines is 1. The maximum absolute atomic E-state index is 3.73.